The van der Waals surface area contributed by atoms with Gasteiger partial charge in [-0.2, -0.15) is 0 Å². The lowest BCUT2D eigenvalue weighted by molar-refractivity contribution is -0.141. The Morgan fingerprint density at radius 3 is 2.30 bits per heavy atom. The van der Waals surface area contributed by atoms with Crippen molar-refractivity contribution in [1.29, 1.82) is 0 Å². The standard InChI is InChI=1S/C30H26BrNO8/c1-36-23-9-16(10-24(37-2)29(23)34)26-18-11-21-22(40-14-39-21)12-19(18)28(20-13-38-30(35)27(20)26)32-25(33)8-5-15-3-6-17(31)7-4-15/h3-12,20,26-28,34H,13-14H2,1-2H3,(H,32,33)/b8-5+/t20-,26+,27-,28+/m0/s1. The van der Waals surface area contributed by atoms with Gasteiger partial charge in [0.15, 0.2) is 23.0 Å². The maximum atomic E-state index is 13.3. The number of hydrogen-bond acceptors (Lipinski definition) is 8. The van der Waals surface area contributed by atoms with Crippen LogP contribution >= 0.6 is 15.9 Å². The number of carbonyl (C=O) groups excluding carboxylic acids is 2. The van der Waals surface area contributed by atoms with Crippen molar-refractivity contribution in [3.8, 4) is 28.7 Å². The van der Waals surface area contributed by atoms with E-state index in [-0.39, 0.29) is 48.4 Å². The van der Waals surface area contributed by atoms with Gasteiger partial charge in [0.05, 0.1) is 32.8 Å². The van der Waals surface area contributed by atoms with Crippen LogP contribution in [0.5, 0.6) is 28.7 Å². The zero-order valence-electron chi connectivity index (χ0n) is 21.7. The maximum Gasteiger partial charge on any atom is 0.310 e. The molecule has 3 aliphatic rings. The molecule has 1 saturated heterocycles. The summed E-state index contributed by atoms with van der Waals surface area (Å²) in [4.78, 5) is 26.4. The highest BCUT2D eigenvalue weighted by Gasteiger charge is 2.53. The molecular formula is C30H26BrNO8. The van der Waals surface area contributed by atoms with E-state index in [1.807, 2.05) is 36.4 Å². The van der Waals surface area contributed by atoms with Crippen LogP contribution in [0.3, 0.4) is 0 Å². The molecule has 2 heterocycles. The van der Waals surface area contributed by atoms with Crippen molar-refractivity contribution in [2.75, 3.05) is 27.6 Å². The Balaban J connectivity index is 1.44. The number of hydrogen-bond donors (Lipinski definition) is 2. The largest absolute Gasteiger partial charge is 0.502 e. The second-order valence-corrected chi connectivity index (χ2v) is 10.7. The lowest BCUT2D eigenvalue weighted by Gasteiger charge is -2.39. The van der Waals surface area contributed by atoms with Gasteiger partial charge in [-0.25, -0.2) is 0 Å². The molecule has 4 atom stereocenters. The van der Waals surface area contributed by atoms with E-state index in [0.717, 1.165) is 21.2 Å². The summed E-state index contributed by atoms with van der Waals surface area (Å²) in [5.41, 5.74) is 3.14. The number of fused-ring (bicyclic) bond motifs is 3. The summed E-state index contributed by atoms with van der Waals surface area (Å²) in [6.45, 7) is 0.215. The molecule has 9 nitrogen and oxygen atoms in total. The van der Waals surface area contributed by atoms with Gasteiger partial charge in [0.2, 0.25) is 18.4 Å². The van der Waals surface area contributed by atoms with Crippen LogP contribution in [-0.4, -0.2) is 44.6 Å². The number of carbonyl (C=O) groups is 2. The van der Waals surface area contributed by atoms with E-state index in [4.69, 9.17) is 23.7 Å². The number of nitrogens with one attached hydrogen (secondary N) is 1. The molecule has 2 aliphatic heterocycles. The quantitative estimate of drug-likeness (QED) is 0.306. The van der Waals surface area contributed by atoms with Crippen molar-refractivity contribution in [3.05, 3.63) is 81.3 Å². The fraction of sp³-hybridized carbons (Fsp3) is 0.267. The third kappa shape index (κ3) is 4.52. The highest BCUT2D eigenvalue weighted by Crippen LogP contribution is 2.55. The molecule has 0 radical (unpaired) electrons. The zero-order valence-corrected chi connectivity index (χ0v) is 23.3. The number of aromatic hydroxyl groups is 1. The predicted molar refractivity (Wildman–Crippen MR) is 148 cm³/mol. The third-order valence-electron chi connectivity index (χ3n) is 7.64. The highest BCUT2D eigenvalue weighted by molar-refractivity contribution is 9.10. The molecule has 1 fully saturated rings. The average molecular weight is 608 g/mol. The molecule has 6 rings (SSSR count). The Labute approximate surface area is 238 Å². The number of cyclic esters (lactones) is 1. The number of rotatable bonds is 6. The maximum absolute atomic E-state index is 13.3. The van der Waals surface area contributed by atoms with E-state index < -0.39 is 17.9 Å². The second kappa shape index (κ2) is 10.4. The first-order valence-corrected chi connectivity index (χ1v) is 13.5. The Bertz CT molecular complexity index is 1490. The van der Waals surface area contributed by atoms with Crippen molar-refractivity contribution >= 4 is 33.9 Å². The average Bonchev–Trinajstić information content (AvgIpc) is 3.58. The van der Waals surface area contributed by atoms with Crippen LogP contribution in [0.1, 0.15) is 34.2 Å². The van der Waals surface area contributed by atoms with Crippen LogP contribution in [0.4, 0.5) is 0 Å². The minimum Gasteiger partial charge on any atom is -0.502 e. The molecule has 0 spiro atoms. The smallest absolute Gasteiger partial charge is 0.310 e. The molecule has 3 aromatic carbocycles. The van der Waals surface area contributed by atoms with Crippen LogP contribution < -0.4 is 24.3 Å². The number of benzene rings is 3. The number of phenolic OH excluding ortho intramolecular Hbond substituents is 1. The Morgan fingerprint density at radius 1 is 1.00 bits per heavy atom. The van der Waals surface area contributed by atoms with Gasteiger partial charge >= 0.3 is 5.97 Å². The van der Waals surface area contributed by atoms with Gasteiger partial charge in [-0.3, -0.25) is 9.59 Å². The fourth-order valence-electron chi connectivity index (χ4n) is 5.79. The van der Waals surface area contributed by atoms with Crippen LogP contribution in [0.25, 0.3) is 6.08 Å². The first-order chi connectivity index (χ1) is 19.4. The summed E-state index contributed by atoms with van der Waals surface area (Å²) in [5, 5.41) is 13.6. The molecule has 206 valence electrons. The van der Waals surface area contributed by atoms with Crippen LogP contribution in [-0.2, 0) is 14.3 Å². The van der Waals surface area contributed by atoms with Gasteiger partial charge in [0.1, 0.15) is 0 Å². The number of halogens is 1. The molecule has 40 heavy (non-hydrogen) atoms. The molecule has 0 bridgehead atoms. The molecule has 0 unspecified atom stereocenters. The van der Waals surface area contributed by atoms with Crippen molar-refractivity contribution < 1.29 is 38.4 Å². The molecule has 1 aliphatic carbocycles. The number of ether oxygens (including phenoxy) is 5. The van der Waals surface area contributed by atoms with Gasteiger partial charge in [0.25, 0.3) is 0 Å². The summed E-state index contributed by atoms with van der Waals surface area (Å²) in [7, 11) is 2.90. The van der Waals surface area contributed by atoms with Gasteiger partial charge in [-0.05, 0) is 64.7 Å². The summed E-state index contributed by atoms with van der Waals surface area (Å²) in [6, 6.07) is 14.2. The monoisotopic (exact) mass is 607 g/mol. The van der Waals surface area contributed by atoms with E-state index in [1.165, 1.54) is 20.3 Å². The third-order valence-corrected chi connectivity index (χ3v) is 8.17. The van der Waals surface area contributed by atoms with Crippen molar-refractivity contribution in [2.45, 2.75) is 12.0 Å². The fourth-order valence-corrected chi connectivity index (χ4v) is 6.05. The number of esters is 1. The molecule has 0 aromatic heterocycles. The van der Waals surface area contributed by atoms with Gasteiger partial charge in [0, 0.05) is 22.4 Å². The van der Waals surface area contributed by atoms with Crippen LogP contribution in [0.15, 0.2) is 59.1 Å². The van der Waals surface area contributed by atoms with Gasteiger partial charge < -0.3 is 34.1 Å². The Morgan fingerprint density at radius 2 is 1.65 bits per heavy atom. The van der Waals surface area contributed by atoms with Crippen LogP contribution in [0.2, 0.25) is 0 Å². The second-order valence-electron chi connectivity index (χ2n) is 9.78. The van der Waals surface area contributed by atoms with E-state index in [1.54, 1.807) is 18.2 Å². The molecule has 1 amide bonds. The Kier molecular flexibility index (Phi) is 6.79. The normalized spacial score (nSPS) is 22.4. The van der Waals surface area contributed by atoms with Crippen molar-refractivity contribution in [2.24, 2.45) is 11.8 Å². The summed E-state index contributed by atoms with van der Waals surface area (Å²) in [6.07, 6.45) is 3.21. The first-order valence-electron chi connectivity index (χ1n) is 12.7. The number of methoxy groups -OCH3 is 2. The molecule has 10 heteroatoms. The number of amides is 1. The first kappa shape index (κ1) is 26.1. The van der Waals surface area contributed by atoms with Gasteiger partial charge in [-0.15, -0.1) is 0 Å². The van der Waals surface area contributed by atoms with E-state index in [9.17, 15) is 14.7 Å². The zero-order chi connectivity index (χ0) is 28.0. The Hall–Kier alpha value is -4.18. The highest BCUT2D eigenvalue weighted by atomic mass is 79.9. The predicted octanol–water partition coefficient (Wildman–Crippen LogP) is 4.71. The molecule has 2 N–H and O–H groups in total. The molecule has 3 aromatic rings. The lowest BCUT2D eigenvalue weighted by Crippen LogP contribution is -2.42. The minimum absolute atomic E-state index is 0.0750. The van der Waals surface area contributed by atoms with Crippen molar-refractivity contribution in [1.82, 2.24) is 5.32 Å². The van der Waals surface area contributed by atoms with Gasteiger partial charge in [-0.1, -0.05) is 28.1 Å². The minimum atomic E-state index is -0.618. The van der Waals surface area contributed by atoms with Crippen molar-refractivity contribution in [3.63, 3.8) is 0 Å². The summed E-state index contributed by atoms with van der Waals surface area (Å²) in [5.74, 6) is -0.730. The number of phenols is 1. The van der Waals surface area contributed by atoms with E-state index in [0.29, 0.717) is 17.1 Å². The summed E-state index contributed by atoms with van der Waals surface area (Å²) < 4.78 is 28.7. The SMILES string of the molecule is COc1cc([C@@H]2c3cc4c(cc3[C@@H](NC(=O)/C=C/c3ccc(Br)cc3)[C@H]3COC(=O)[C@H]23)OCO4)cc(OC)c1O. The van der Waals surface area contributed by atoms with E-state index >= 15 is 0 Å². The lowest BCUT2D eigenvalue weighted by atomic mass is 9.65. The topological polar surface area (TPSA) is 113 Å². The van der Waals surface area contributed by atoms with E-state index in [2.05, 4.69) is 21.2 Å². The van der Waals surface area contributed by atoms with Crippen LogP contribution in [0, 0.1) is 11.8 Å². The molecule has 0 saturated carbocycles. The molecular weight excluding hydrogens is 582 g/mol. The summed E-state index contributed by atoms with van der Waals surface area (Å²) >= 11 is 3.41.